The van der Waals surface area contributed by atoms with Crippen molar-refractivity contribution >= 4 is 12.2 Å². The lowest BCUT2D eigenvalue weighted by Gasteiger charge is -2.10. The first-order chi connectivity index (χ1) is 8.49. The van der Waals surface area contributed by atoms with Crippen LogP contribution in [-0.2, 0) is 6.54 Å². The zero-order chi connectivity index (χ0) is 13.3. The van der Waals surface area contributed by atoms with Gasteiger partial charge in [0.2, 0.25) is 0 Å². The summed E-state index contributed by atoms with van der Waals surface area (Å²) in [5.41, 5.74) is 3.69. The van der Waals surface area contributed by atoms with Crippen molar-refractivity contribution in [2.75, 3.05) is 0 Å². The molecule has 3 nitrogen and oxygen atoms in total. The second-order valence-corrected chi connectivity index (χ2v) is 5.54. The van der Waals surface area contributed by atoms with Gasteiger partial charge in [-0.05, 0) is 49.2 Å². The number of hydrogen-bond acceptors (Lipinski definition) is 2. The summed E-state index contributed by atoms with van der Waals surface area (Å²) >= 11 is 5.29. The van der Waals surface area contributed by atoms with E-state index in [9.17, 15) is 0 Å². The van der Waals surface area contributed by atoms with E-state index < -0.39 is 0 Å². The molecule has 0 bridgehead atoms. The quantitative estimate of drug-likeness (QED) is 0.851. The van der Waals surface area contributed by atoms with E-state index in [0.717, 1.165) is 17.9 Å². The van der Waals surface area contributed by atoms with Gasteiger partial charge in [-0.3, -0.25) is 9.67 Å². The number of aromatic nitrogens is 3. The molecule has 0 aliphatic carbocycles. The van der Waals surface area contributed by atoms with Gasteiger partial charge in [0, 0.05) is 12.1 Å². The number of rotatable bonds is 3. The Morgan fingerprint density at radius 1 is 1.28 bits per heavy atom. The number of aryl methyl sites for hydroxylation is 2. The van der Waals surface area contributed by atoms with Crippen LogP contribution in [0.3, 0.4) is 0 Å². The van der Waals surface area contributed by atoms with Gasteiger partial charge in [-0.25, -0.2) is 0 Å². The van der Waals surface area contributed by atoms with Gasteiger partial charge in [-0.15, -0.1) is 0 Å². The zero-order valence-corrected chi connectivity index (χ0v) is 12.1. The average Bonchev–Trinajstić information content (AvgIpc) is 2.64. The lowest BCUT2D eigenvalue weighted by molar-refractivity contribution is 0.521. The fourth-order valence-electron chi connectivity index (χ4n) is 1.95. The van der Waals surface area contributed by atoms with E-state index in [0.29, 0.717) is 10.7 Å². The normalized spacial score (nSPS) is 11.2. The van der Waals surface area contributed by atoms with Crippen molar-refractivity contribution in [2.24, 2.45) is 5.92 Å². The van der Waals surface area contributed by atoms with Gasteiger partial charge in [0.25, 0.3) is 0 Å². The standard InChI is InChI=1S/C14H19N3S/c1-9(2)8-17-13(15-16-14(17)18)12-6-5-10(3)11(4)7-12/h5-7,9H,8H2,1-4H3,(H,16,18). The highest BCUT2D eigenvalue weighted by molar-refractivity contribution is 7.71. The number of H-pyrrole nitrogens is 1. The van der Waals surface area contributed by atoms with Gasteiger partial charge in [0.1, 0.15) is 0 Å². The van der Waals surface area contributed by atoms with Crippen molar-refractivity contribution in [3.05, 3.63) is 34.1 Å². The molecular formula is C14H19N3S. The molecule has 1 N–H and O–H groups in total. The van der Waals surface area contributed by atoms with Gasteiger partial charge in [0.15, 0.2) is 10.6 Å². The van der Waals surface area contributed by atoms with Crippen LogP contribution in [0.1, 0.15) is 25.0 Å². The predicted molar refractivity (Wildman–Crippen MR) is 77.2 cm³/mol. The second kappa shape index (κ2) is 5.06. The lowest BCUT2D eigenvalue weighted by Crippen LogP contribution is -2.06. The first kappa shape index (κ1) is 13.0. The molecular weight excluding hydrogens is 242 g/mol. The SMILES string of the molecule is Cc1ccc(-c2n[nH]c(=S)n2CC(C)C)cc1C. The van der Waals surface area contributed by atoms with Gasteiger partial charge in [-0.2, -0.15) is 5.10 Å². The number of nitrogens with one attached hydrogen (secondary N) is 1. The summed E-state index contributed by atoms with van der Waals surface area (Å²) < 4.78 is 2.77. The molecule has 0 aliphatic rings. The maximum Gasteiger partial charge on any atom is 0.195 e. The predicted octanol–water partition coefficient (Wildman–Crippen LogP) is 3.88. The van der Waals surface area contributed by atoms with Crippen LogP contribution in [0.2, 0.25) is 0 Å². The van der Waals surface area contributed by atoms with Crippen LogP contribution in [0.15, 0.2) is 18.2 Å². The van der Waals surface area contributed by atoms with E-state index in [-0.39, 0.29) is 0 Å². The average molecular weight is 261 g/mol. The Balaban J connectivity index is 2.50. The lowest BCUT2D eigenvalue weighted by atomic mass is 10.1. The van der Waals surface area contributed by atoms with Gasteiger partial charge in [0.05, 0.1) is 0 Å². The molecule has 96 valence electrons. The number of hydrogen-bond donors (Lipinski definition) is 1. The van der Waals surface area contributed by atoms with Gasteiger partial charge < -0.3 is 0 Å². The molecule has 0 saturated carbocycles. The number of aromatic amines is 1. The molecule has 1 aromatic carbocycles. The van der Waals surface area contributed by atoms with Gasteiger partial charge >= 0.3 is 0 Å². The maximum atomic E-state index is 5.29. The third kappa shape index (κ3) is 2.53. The van der Waals surface area contributed by atoms with Crippen molar-refractivity contribution in [3.63, 3.8) is 0 Å². The molecule has 18 heavy (non-hydrogen) atoms. The highest BCUT2D eigenvalue weighted by Gasteiger charge is 2.10. The Labute approximate surface area is 113 Å². The topological polar surface area (TPSA) is 33.6 Å². The van der Waals surface area contributed by atoms with Crippen LogP contribution < -0.4 is 0 Å². The maximum absolute atomic E-state index is 5.29. The third-order valence-electron chi connectivity index (χ3n) is 3.07. The van der Waals surface area contributed by atoms with Crippen molar-refractivity contribution in [1.82, 2.24) is 14.8 Å². The minimum absolute atomic E-state index is 0.541. The van der Waals surface area contributed by atoms with E-state index in [2.05, 4.69) is 60.7 Å². The second-order valence-electron chi connectivity index (χ2n) is 5.16. The van der Waals surface area contributed by atoms with E-state index in [1.54, 1.807) is 0 Å². The van der Waals surface area contributed by atoms with Crippen LogP contribution in [0, 0.1) is 24.5 Å². The molecule has 1 aromatic heterocycles. The Bertz CT molecular complexity index is 608. The summed E-state index contributed by atoms with van der Waals surface area (Å²) in [5.74, 6) is 1.47. The van der Waals surface area contributed by atoms with E-state index >= 15 is 0 Å². The van der Waals surface area contributed by atoms with Crippen molar-refractivity contribution in [3.8, 4) is 11.4 Å². The summed E-state index contributed by atoms with van der Waals surface area (Å²) in [6.45, 7) is 9.48. The Morgan fingerprint density at radius 2 is 2.00 bits per heavy atom. The third-order valence-corrected chi connectivity index (χ3v) is 3.38. The molecule has 4 heteroatoms. The Morgan fingerprint density at radius 3 is 2.61 bits per heavy atom. The van der Waals surface area contributed by atoms with Crippen molar-refractivity contribution in [1.29, 1.82) is 0 Å². The monoisotopic (exact) mass is 261 g/mol. The minimum atomic E-state index is 0.541. The highest BCUT2D eigenvalue weighted by atomic mass is 32.1. The Hall–Kier alpha value is -1.42. The van der Waals surface area contributed by atoms with Crippen LogP contribution in [-0.4, -0.2) is 14.8 Å². The summed E-state index contributed by atoms with van der Waals surface area (Å²) in [7, 11) is 0. The molecule has 0 saturated heterocycles. The summed E-state index contributed by atoms with van der Waals surface area (Å²) in [5, 5.41) is 7.25. The fraction of sp³-hybridized carbons (Fsp3) is 0.429. The first-order valence-electron chi connectivity index (χ1n) is 6.22. The smallest absolute Gasteiger partial charge is 0.195 e. The number of benzene rings is 1. The van der Waals surface area contributed by atoms with Crippen LogP contribution in [0.5, 0.6) is 0 Å². The molecule has 0 atom stereocenters. The van der Waals surface area contributed by atoms with Gasteiger partial charge in [-0.1, -0.05) is 26.0 Å². The van der Waals surface area contributed by atoms with Crippen molar-refractivity contribution in [2.45, 2.75) is 34.2 Å². The van der Waals surface area contributed by atoms with E-state index in [1.165, 1.54) is 11.1 Å². The minimum Gasteiger partial charge on any atom is -0.300 e. The molecule has 0 radical (unpaired) electrons. The summed E-state index contributed by atoms with van der Waals surface area (Å²) in [6, 6.07) is 6.39. The van der Waals surface area contributed by atoms with E-state index in [4.69, 9.17) is 12.2 Å². The molecule has 2 aromatic rings. The summed E-state index contributed by atoms with van der Waals surface area (Å²) in [6.07, 6.45) is 0. The molecule has 0 fully saturated rings. The zero-order valence-electron chi connectivity index (χ0n) is 11.3. The first-order valence-corrected chi connectivity index (χ1v) is 6.62. The molecule has 1 heterocycles. The molecule has 0 unspecified atom stereocenters. The Kier molecular flexibility index (Phi) is 3.66. The van der Waals surface area contributed by atoms with E-state index in [1.807, 2.05) is 0 Å². The van der Waals surface area contributed by atoms with Crippen molar-refractivity contribution < 1.29 is 0 Å². The number of nitrogens with zero attached hydrogens (tertiary/aromatic N) is 2. The van der Waals surface area contributed by atoms with Crippen LogP contribution >= 0.6 is 12.2 Å². The molecule has 0 amide bonds. The fourth-order valence-corrected chi connectivity index (χ4v) is 2.16. The van der Waals surface area contributed by atoms with Crippen LogP contribution in [0.4, 0.5) is 0 Å². The molecule has 0 spiro atoms. The molecule has 0 aliphatic heterocycles. The summed E-state index contributed by atoms with van der Waals surface area (Å²) in [4.78, 5) is 0. The molecule has 2 rings (SSSR count). The highest BCUT2D eigenvalue weighted by Crippen LogP contribution is 2.21. The van der Waals surface area contributed by atoms with Crippen LogP contribution in [0.25, 0.3) is 11.4 Å². The largest absolute Gasteiger partial charge is 0.300 e.